The van der Waals surface area contributed by atoms with Gasteiger partial charge < -0.3 is 5.11 Å². The summed E-state index contributed by atoms with van der Waals surface area (Å²) in [4.78, 5) is 11.7. The fourth-order valence-electron chi connectivity index (χ4n) is 1.41. The monoisotopic (exact) mass is 249 g/mol. The summed E-state index contributed by atoms with van der Waals surface area (Å²) in [7, 11) is 0. The molecule has 2 rings (SSSR count). The highest BCUT2D eigenvalue weighted by atomic mass is 32.2. The minimum absolute atomic E-state index is 0.109. The molecule has 0 aliphatic heterocycles. The molecule has 88 valence electrons. The highest BCUT2D eigenvalue weighted by Gasteiger charge is 2.06. The molecule has 0 radical (unpaired) electrons. The van der Waals surface area contributed by atoms with Gasteiger partial charge in [0.1, 0.15) is 0 Å². The number of carbonyl (C=O) groups is 1. The van der Waals surface area contributed by atoms with Gasteiger partial charge in [-0.2, -0.15) is 0 Å². The molecule has 0 unspecified atom stereocenters. The molecule has 0 saturated heterocycles. The molecule has 0 aliphatic rings. The number of hydrogen-bond acceptors (Lipinski definition) is 4. The van der Waals surface area contributed by atoms with Gasteiger partial charge in [-0.3, -0.25) is 4.79 Å². The number of hydrogen-bond donors (Lipinski definition) is 1. The molecule has 6 heteroatoms. The first-order valence-corrected chi connectivity index (χ1v) is 6.19. The van der Waals surface area contributed by atoms with Crippen LogP contribution >= 0.6 is 11.8 Å². The number of nitrogens with zero attached hydrogens (tertiary/aromatic N) is 3. The lowest BCUT2D eigenvalue weighted by Crippen LogP contribution is -1.99. The lowest BCUT2D eigenvalue weighted by molar-refractivity contribution is -0.136. The Labute approximate surface area is 102 Å². The van der Waals surface area contributed by atoms with Crippen molar-refractivity contribution < 1.29 is 9.90 Å². The highest BCUT2D eigenvalue weighted by molar-refractivity contribution is 7.98. The van der Waals surface area contributed by atoms with Gasteiger partial charge in [0, 0.05) is 4.90 Å². The molecule has 1 aromatic carbocycles. The molecule has 0 aliphatic carbocycles. The summed E-state index contributed by atoms with van der Waals surface area (Å²) < 4.78 is 1.58. The van der Waals surface area contributed by atoms with Crippen LogP contribution in [0.1, 0.15) is 5.69 Å². The lowest BCUT2D eigenvalue weighted by Gasteiger charge is -2.01. The maximum absolute atomic E-state index is 10.5. The van der Waals surface area contributed by atoms with Crippen LogP contribution in [0.4, 0.5) is 0 Å². The SMILES string of the molecule is CSc1cccc(-n2cc(CC(=O)O)nn2)c1. The van der Waals surface area contributed by atoms with Gasteiger partial charge in [0.15, 0.2) is 0 Å². The molecule has 0 saturated carbocycles. The van der Waals surface area contributed by atoms with Crippen molar-refractivity contribution in [1.29, 1.82) is 0 Å². The van der Waals surface area contributed by atoms with Gasteiger partial charge >= 0.3 is 5.97 Å². The molecule has 1 N–H and O–H groups in total. The van der Waals surface area contributed by atoms with Gasteiger partial charge in [0.05, 0.1) is 24.0 Å². The van der Waals surface area contributed by atoms with E-state index in [4.69, 9.17) is 5.11 Å². The van der Waals surface area contributed by atoms with E-state index in [0.29, 0.717) is 5.69 Å². The molecule has 2 aromatic rings. The van der Waals surface area contributed by atoms with E-state index in [2.05, 4.69) is 10.3 Å². The molecule has 0 amide bonds. The third-order valence-corrected chi connectivity index (χ3v) is 2.92. The van der Waals surface area contributed by atoms with E-state index in [9.17, 15) is 4.79 Å². The van der Waals surface area contributed by atoms with Gasteiger partial charge in [0.2, 0.25) is 0 Å². The number of aromatic nitrogens is 3. The van der Waals surface area contributed by atoms with Crippen molar-refractivity contribution in [2.45, 2.75) is 11.3 Å². The lowest BCUT2D eigenvalue weighted by atomic mass is 10.3. The van der Waals surface area contributed by atoms with Gasteiger partial charge in [-0.25, -0.2) is 4.68 Å². The van der Waals surface area contributed by atoms with E-state index < -0.39 is 5.97 Å². The van der Waals surface area contributed by atoms with Crippen molar-refractivity contribution >= 4 is 17.7 Å². The zero-order valence-corrected chi connectivity index (χ0v) is 10.0. The zero-order valence-electron chi connectivity index (χ0n) is 9.20. The highest BCUT2D eigenvalue weighted by Crippen LogP contribution is 2.17. The van der Waals surface area contributed by atoms with E-state index in [1.165, 1.54) is 0 Å². The topological polar surface area (TPSA) is 68.0 Å². The van der Waals surface area contributed by atoms with E-state index in [-0.39, 0.29) is 6.42 Å². The van der Waals surface area contributed by atoms with Crippen molar-refractivity contribution in [1.82, 2.24) is 15.0 Å². The quantitative estimate of drug-likeness (QED) is 0.834. The van der Waals surface area contributed by atoms with Crippen LogP contribution in [-0.2, 0) is 11.2 Å². The molecule has 0 spiro atoms. The Balaban J connectivity index is 2.26. The second-order valence-corrected chi connectivity index (χ2v) is 4.31. The standard InChI is InChI=1S/C11H11N3O2S/c1-17-10-4-2-3-9(6-10)14-7-8(12-13-14)5-11(15)16/h2-4,6-7H,5H2,1H3,(H,15,16). The van der Waals surface area contributed by atoms with Crippen LogP contribution in [0.3, 0.4) is 0 Å². The minimum atomic E-state index is -0.907. The van der Waals surface area contributed by atoms with E-state index in [1.54, 1.807) is 22.6 Å². The Bertz CT molecular complexity index is 539. The van der Waals surface area contributed by atoms with Crippen LogP contribution in [0.15, 0.2) is 35.4 Å². The maximum atomic E-state index is 10.5. The normalized spacial score (nSPS) is 10.4. The molecule has 17 heavy (non-hydrogen) atoms. The number of rotatable bonds is 4. The summed E-state index contributed by atoms with van der Waals surface area (Å²) in [5, 5.41) is 16.4. The number of carboxylic acid groups (broad SMARTS) is 1. The van der Waals surface area contributed by atoms with Crippen LogP contribution in [-0.4, -0.2) is 32.3 Å². The van der Waals surface area contributed by atoms with Crippen molar-refractivity contribution in [3.63, 3.8) is 0 Å². The summed E-state index contributed by atoms with van der Waals surface area (Å²) in [5.41, 5.74) is 1.33. The molecule has 0 atom stereocenters. The first-order valence-electron chi connectivity index (χ1n) is 4.96. The summed E-state index contributed by atoms with van der Waals surface area (Å²) >= 11 is 1.64. The molecular formula is C11H11N3O2S. The molecule has 1 aromatic heterocycles. The summed E-state index contributed by atoms with van der Waals surface area (Å²) in [5.74, 6) is -0.907. The average Bonchev–Trinajstić information content (AvgIpc) is 2.77. The molecular weight excluding hydrogens is 238 g/mol. The number of carboxylic acids is 1. The summed E-state index contributed by atoms with van der Waals surface area (Å²) in [6.07, 6.45) is 3.52. The molecule has 0 bridgehead atoms. The predicted octanol–water partition coefficient (Wildman–Crippen LogP) is 1.62. The molecule has 5 nitrogen and oxygen atoms in total. The summed E-state index contributed by atoms with van der Waals surface area (Å²) in [6.45, 7) is 0. The fourth-order valence-corrected chi connectivity index (χ4v) is 1.87. The van der Waals surface area contributed by atoms with E-state index >= 15 is 0 Å². The zero-order chi connectivity index (χ0) is 12.3. The van der Waals surface area contributed by atoms with Crippen LogP contribution in [0.5, 0.6) is 0 Å². The smallest absolute Gasteiger partial charge is 0.309 e. The Kier molecular flexibility index (Phi) is 3.43. The average molecular weight is 249 g/mol. The van der Waals surface area contributed by atoms with Crippen molar-refractivity contribution in [3.8, 4) is 5.69 Å². The number of benzene rings is 1. The van der Waals surface area contributed by atoms with Gasteiger partial charge in [-0.15, -0.1) is 16.9 Å². The Morgan fingerprint density at radius 1 is 1.53 bits per heavy atom. The first-order chi connectivity index (χ1) is 8.19. The van der Waals surface area contributed by atoms with Crippen molar-refractivity contribution in [2.24, 2.45) is 0 Å². The van der Waals surface area contributed by atoms with Crippen LogP contribution < -0.4 is 0 Å². The molecule has 0 fully saturated rings. The minimum Gasteiger partial charge on any atom is -0.481 e. The predicted molar refractivity (Wildman–Crippen MR) is 64.5 cm³/mol. The van der Waals surface area contributed by atoms with Crippen molar-refractivity contribution in [2.75, 3.05) is 6.26 Å². The van der Waals surface area contributed by atoms with Gasteiger partial charge in [0.25, 0.3) is 0 Å². The molecule has 1 heterocycles. The largest absolute Gasteiger partial charge is 0.481 e. The van der Waals surface area contributed by atoms with Crippen molar-refractivity contribution in [3.05, 3.63) is 36.2 Å². The van der Waals surface area contributed by atoms with Gasteiger partial charge in [-0.1, -0.05) is 11.3 Å². The Hall–Kier alpha value is -1.82. The van der Waals surface area contributed by atoms with E-state index in [0.717, 1.165) is 10.6 Å². The second-order valence-electron chi connectivity index (χ2n) is 3.43. The van der Waals surface area contributed by atoms with E-state index in [1.807, 2.05) is 30.5 Å². The van der Waals surface area contributed by atoms with Crippen LogP contribution in [0.25, 0.3) is 5.69 Å². The third kappa shape index (κ3) is 2.85. The first kappa shape index (κ1) is 11.7. The Morgan fingerprint density at radius 2 is 2.35 bits per heavy atom. The maximum Gasteiger partial charge on any atom is 0.309 e. The number of thioether (sulfide) groups is 1. The second kappa shape index (κ2) is 5.01. The van der Waals surface area contributed by atoms with Gasteiger partial charge in [-0.05, 0) is 24.5 Å². The third-order valence-electron chi connectivity index (χ3n) is 2.19. The Morgan fingerprint density at radius 3 is 3.06 bits per heavy atom. The summed E-state index contributed by atoms with van der Waals surface area (Å²) in [6, 6.07) is 7.81. The fraction of sp³-hybridized carbons (Fsp3) is 0.182. The van der Waals surface area contributed by atoms with Crippen LogP contribution in [0.2, 0.25) is 0 Å². The number of aliphatic carboxylic acids is 1. The van der Waals surface area contributed by atoms with Crippen LogP contribution in [0, 0.1) is 0 Å².